The number of carboxylic acid groups (broad SMARTS) is 2. The van der Waals surface area contributed by atoms with E-state index in [0.717, 1.165) is 33.4 Å². The van der Waals surface area contributed by atoms with Gasteiger partial charge in [-0.15, -0.1) is 0 Å². The van der Waals surface area contributed by atoms with Gasteiger partial charge in [0.15, 0.2) is 0 Å². The Kier molecular flexibility index (Phi) is 7.09. The van der Waals surface area contributed by atoms with Crippen LogP contribution in [-0.2, 0) is 9.47 Å². The monoisotopic (exact) mass is 532 g/mol. The number of benzene rings is 3. The molecule has 0 radical (unpaired) electrons. The maximum Gasteiger partial charge on any atom is 0.336 e. The fraction of sp³-hybridized carbons (Fsp3) is 0.355. The van der Waals surface area contributed by atoms with Crippen molar-refractivity contribution in [3.63, 3.8) is 0 Å². The quantitative estimate of drug-likeness (QED) is 0.328. The molecule has 2 atom stereocenters. The Hall–Kier alpha value is -3.88. The highest BCUT2D eigenvalue weighted by molar-refractivity contribution is 6.00. The number of carboxylic acids is 2. The molecular weight excluding hydrogens is 500 g/mol. The first-order chi connectivity index (χ1) is 18.6. The minimum Gasteiger partial charge on any atom is -0.490 e. The van der Waals surface area contributed by atoms with Crippen LogP contribution in [0.15, 0.2) is 30.3 Å². The highest BCUT2D eigenvalue weighted by Crippen LogP contribution is 2.41. The van der Waals surface area contributed by atoms with Crippen molar-refractivity contribution >= 4 is 11.9 Å². The van der Waals surface area contributed by atoms with Gasteiger partial charge in [-0.25, -0.2) is 9.59 Å². The summed E-state index contributed by atoms with van der Waals surface area (Å²) in [7, 11) is 0. The smallest absolute Gasteiger partial charge is 0.336 e. The van der Waals surface area contributed by atoms with Gasteiger partial charge >= 0.3 is 11.9 Å². The van der Waals surface area contributed by atoms with E-state index in [1.807, 2.05) is 52.8 Å². The first-order valence-electron chi connectivity index (χ1n) is 12.9. The third-order valence-electron chi connectivity index (χ3n) is 7.28. The molecule has 0 aromatic heterocycles. The molecule has 2 unspecified atom stereocenters. The van der Waals surface area contributed by atoms with Crippen molar-refractivity contribution in [2.75, 3.05) is 26.4 Å². The van der Waals surface area contributed by atoms with Gasteiger partial charge in [0.2, 0.25) is 0 Å². The van der Waals surface area contributed by atoms with E-state index in [2.05, 4.69) is 0 Å². The summed E-state index contributed by atoms with van der Waals surface area (Å²) >= 11 is 0. The standard InChI is InChI=1S/C31H32O8/c1-15-8-20(26-18(4)28(38-13-21-11-36-21)16(2)9-24(26)30(32)33)6-7-23(15)27-19(5)29(39-14-22-12-37-22)17(3)10-25(27)31(34)35/h6-10,21-22H,11-14H2,1-5H3,(H,32,33)(H,34,35). The van der Waals surface area contributed by atoms with E-state index in [9.17, 15) is 19.8 Å². The second-order valence-electron chi connectivity index (χ2n) is 10.3. The average molecular weight is 533 g/mol. The molecule has 8 nitrogen and oxygen atoms in total. The molecule has 39 heavy (non-hydrogen) atoms. The molecule has 0 amide bonds. The molecule has 3 aromatic rings. The minimum absolute atomic E-state index is 0.0688. The molecule has 2 aliphatic heterocycles. The van der Waals surface area contributed by atoms with E-state index in [0.29, 0.717) is 54.6 Å². The van der Waals surface area contributed by atoms with Crippen LogP contribution in [-0.4, -0.2) is 60.8 Å². The fourth-order valence-electron chi connectivity index (χ4n) is 5.21. The molecule has 2 fully saturated rings. The van der Waals surface area contributed by atoms with Crippen LogP contribution < -0.4 is 9.47 Å². The van der Waals surface area contributed by atoms with Crippen LogP contribution in [0.2, 0.25) is 0 Å². The van der Waals surface area contributed by atoms with Gasteiger partial charge in [0.1, 0.15) is 36.9 Å². The van der Waals surface area contributed by atoms with Gasteiger partial charge in [0.25, 0.3) is 0 Å². The Morgan fingerprint density at radius 1 is 0.744 bits per heavy atom. The van der Waals surface area contributed by atoms with Gasteiger partial charge < -0.3 is 29.2 Å². The summed E-state index contributed by atoms with van der Waals surface area (Å²) in [5.41, 5.74) is 6.74. The van der Waals surface area contributed by atoms with E-state index in [1.165, 1.54) is 0 Å². The van der Waals surface area contributed by atoms with Crippen molar-refractivity contribution in [1.82, 2.24) is 0 Å². The summed E-state index contributed by atoms with van der Waals surface area (Å²) in [6.45, 7) is 11.4. The second kappa shape index (κ2) is 10.4. The largest absolute Gasteiger partial charge is 0.490 e. The van der Waals surface area contributed by atoms with Gasteiger partial charge in [-0.05, 0) is 85.7 Å². The zero-order valence-electron chi connectivity index (χ0n) is 22.7. The topological polar surface area (TPSA) is 118 Å². The molecule has 0 spiro atoms. The Balaban J connectivity index is 1.61. The predicted molar refractivity (Wildman–Crippen MR) is 145 cm³/mol. The Bertz CT molecular complexity index is 1480. The molecule has 0 bridgehead atoms. The molecule has 5 rings (SSSR count). The van der Waals surface area contributed by atoms with Crippen molar-refractivity contribution in [3.05, 3.63) is 69.3 Å². The molecule has 3 aromatic carbocycles. The maximum atomic E-state index is 12.3. The molecule has 204 valence electrons. The molecule has 2 heterocycles. The van der Waals surface area contributed by atoms with Crippen molar-refractivity contribution < 1.29 is 38.7 Å². The van der Waals surface area contributed by atoms with E-state index < -0.39 is 11.9 Å². The highest BCUT2D eigenvalue weighted by atomic mass is 16.6. The van der Waals surface area contributed by atoms with Gasteiger partial charge in [-0.3, -0.25) is 0 Å². The van der Waals surface area contributed by atoms with Crippen LogP contribution >= 0.6 is 0 Å². The third kappa shape index (κ3) is 5.35. The molecule has 0 aliphatic carbocycles. The van der Waals surface area contributed by atoms with Gasteiger partial charge in [0.05, 0.1) is 24.3 Å². The van der Waals surface area contributed by atoms with E-state index >= 15 is 0 Å². The lowest BCUT2D eigenvalue weighted by molar-refractivity contribution is 0.0686. The highest BCUT2D eigenvalue weighted by Gasteiger charge is 2.28. The summed E-state index contributed by atoms with van der Waals surface area (Å²) in [5.74, 6) is -0.756. The lowest BCUT2D eigenvalue weighted by atomic mass is 9.86. The van der Waals surface area contributed by atoms with Gasteiger partial charge in [-0.2, -0.15) is 0 Å². The van der Waals surface area contributed by atoms with E-state index in [-0.39, 0.29) is 23.3 Å². The second-order valence-corrected chi connectivity index (χ2v) is 10.3. The minimum atomic E-state index is -1.03. The van der Waals surface area contributed by atoms with Crippen LogP contribution in [0.3, 0.4) is 0 Å². The summed E-state index contributed by atoms with van der Waals surface area (Å²) in [5, 5.41) is 20.1. The van der Waals surface area contributed by atoms with Crippen LogP contribution in [0.25, 0.3) is 22.3 Å². The number of hydrogen-bond acceptors (Lipinski definition) is 6. The van der Waals surface area contributed by atoms with Crippen LogP contribution in [0.4, 0.5) is 0 Å². The Morgan fingerprint density at radius 3 is 1.64 bits per heavy atom. The SMILES string of the molecule is Cc1cc(-c2c(C(=O)O)cc(C)c(OCC3CO3)c2C)ccc1-c1c(C(=O)O)cc(C)c(OCC2CO2)c1C. The van der Waals surface area contributed by atoms with Crippen LogP contribution in [0.5, 0.6) is 11.5 Å². The Labute approximate surface area is 227 Å². The van der Waals surface area contributed by atoms with Crippen molar-refractivity contribution in [3.8, 4) is 33.8 Å². The van der Waals surface area contributed by atoms with Gasteiger partial charge in [-0.1, -0.05) is 18.2 Å². The fourth-order valence-corrected chi connectivity index (χ4v) is 5.21. The summed E-state index contributed by atoms with van der Waals surface area (Å²) in [4.78, 5) is 24.5. The summed E-state index contributed by atoms with van der Waals surface area (Å²) < 4.78 is 22.6. The zero-order chi connectivity index (χ0) is 28.0. The number of carbonyl (C=O) groups is 2. The predicted octanol–water partition coefficient (Wildman–Crippen LogP) is 5.51. The molecular formula is C31H32O8. The number of hydrogen-bond donors (Lipinski definition) is 2. The molecule has 8 heteroatoms. The molecule has 0 saturated carbocycles. The first kappa shape index (κ1) is 26.7. The lowest BCUT2D eigenvalue weighted by Crippen LogP contribution is -2.10. The number of aryl methyl sites for hydroxylation is 3. The van der Waals surface area contributed by atoms with E-state index in [4.69, 9.17) is 18.9 Å². The van der Waals surface area contributed by atoms with Crippen LogP contribution in [0, 0.1) is 34.6 Å². The maximum absolute atomic E-state index is 12.3. The van der Waals surface area contributed by atoms with Gasteiger partial charge in [0, 0.05) is 11.1 Å². The average Bonchev–Trinajstić information content (AvgIpc) is 3.79. The molecule has 2 aliphatic rings. The van der Waals surface area contributed by atoms with Crippen LogP contribution in [0.1, 0.15) is 48.5 Å². The summed E-state index contributed by atoms with van der Waals surface area (Å²) in [6.07, 6.45) is 0.138. The van der Waals surface area contributed by atoms with Crippen molar-refractivity contribution in [1.29, 1.82) is 0 Å². The van der Waals surface area contributed by atoms with Crippen molar-refractivity contribution in [2.45, 2.75) is 46.8 Å². The number of ether oxygens (including phenoxy) is 4. The third-order valence-corrected chi connectivity index (χ3v) is 7.28. The summed E-state index contributed by atoms with van der Waals surface area (Å²) in [6, 6.07) is 8.87. The zero-order valence-corrected chi connectivity index (χ0v) is 22.7. The number of epoxide rings is 2. The molecule has 2 N–H and O–H groups in total. The Morgan fingerprint density at radius 2 is 1.21 bits per heavy atom. The lowest BCUT2D eigenvalue weighted by Gasteiger charge is -2.21. The normalized spacial score (nSPS) is 17.6. The molecule has 2 saturated heterocycles. The number of aromatic carboxylic acids is 2. The van der Waals surface area contributed by atoms with Crippen molar-refractivity contribution in [2.24, 2.45) is 0 Å². The first-order valence-corrected chi connectivity index (χ1v) is 12.9. The van der Waals surface area contributed by atoms with E-state index in [1.54, 1.807) is 12.1 Å². The number of rotatable bonds is 10.